The predicted octanol–water partition coefficient (Wildman–Crippen LogP) is 2.71. The quantitative estimate of drug-likeness (QED) is 0.846. The second-order valence-corrected chi connectivity index (χ2v) is 5.74. The van der Waals surface area contributed by atoms with Gasteiger partial charge in [0.15, 0.2) is 0 Å². The Balaban J connectivity index is 1.90. The number of nitrogens with zero attached hydrogens (tertiary/aromatic N) is 1. The zero-order valence-corrected chi connectivity index (χ0v) is 11.2. The molecule has 0 bridgehead atoms. The van der Waals surface area contributed by atoms with Gasteiger partial charge in [0.1, 0.15) is 6.17 Å². The number of hydrogen-bond donors (Lipinski definition) is 1. The second kappa shape index (κ2) is 4.25. The third kappa shape index (κ3) is 1.73. The number of rotatable bonds is 1. The molecule has 2 aliphatic rings. The van der Waals surface area contributed by atoms with Crippen LogP contribution in [0, 0.1) is 0 Å². The summed E-state index contributed by atoms with van der Waals surface area (Å²) in [5.74, 6) is 0.236. The van der Waals surface area contributed by atoms with Crippen LogP contribution in [0.2, 0.25) is 5.02 Å². The molecule has 1 unspecified atom stereocenters. The predicted molar refractivity (Wildman–Crippen MR) is 71.3 cm³/mol. The van der Waals surface area contributed by atoms with E-state index in [1.165, 1.54) is 0 Å². The van der Waals surface area contributed by atoms with Gasteiger partial charge in [0.05, 0.1) is 5.54 Å². The number of halogens is 1. The fourth-order valence-corrected chi connectivity index (χ4v) is 3.29. The van der Waals surface area contributed by atoms with E-state index in [-0.39, 0.29) is 17.6 Å². The second-order valence-electron chi connectivity index (χ2n) is 5.30. The van der Waals surface area contributed by atoms with Crippen molar-refractivity contribution >= 4 is 17.5 Å². The highest BCUT2D eigenvalue weighted by molar-refractivity contribution is 6.30. The lowest BCUT2D eigenvalue weighted by molar-refractivity contribution is -0.132. The molecule has 1 N–H and O–H groups in total. The van der Waals surface area contributed by atoms with Crippen molar-refractivity contribution in [3.63, 3.8) is 0 Å². The summed E-state index contributed by atoms with van der Waals surface area (Å²) < 4.78 is 0. The van der Waals surface area contributed by atoms with Gasteiger partial charge in [0.25, 0.3) is 0 Å². The minimum Gasteiger partial charge on any atom is -0.324 e. The summed E-state index contributed by atoms with van der Waals surface area (Å²) in [7, 11) is 1.88. The van der Waals surface area contributed by atoms with Crippen LogP contribution < -0.4 is 5.32 Å². The molecule has 18 heavy (non-hydrogen) atoms. The number of carbonyl (C=O) groups is 1. The fourth-order valence-electron chi connectivity index (χ4n) is 3.16. The van der Waals surface area contributed by atoms with Gasteiger partial charge < -0.3 is 4.90 Å². The highest BCUT2D eigenvalue weighted by Gasteiger charge is 2.51. The van der Waals surface area contributed by atoms with E-state index in [0.717, 1.165) is 36.3 Å². The van der Waals surface area contributed by atoms with E-state index in [4.69, 9.17) is 11.6 Å². The van der Waals surface area contributed by atoms with Crippen LogP contribution in [0.4, 0.5) is 0 Å². The standard InChI is InChI=1S/C14H17ClN2O/c1-17-12(10-4-6-11(15)7-5-10)16-14(13(17)18)8-2-3-9-14/h4-7,12,16H,2-3,8-9H2,1H3. The number of benzene rings is 1. The number of hydrogen-bond acceptors (Lipinski definition) is 2. The van der Waals surface area contributed by atoms with Crippen LogP contribution in [0.25, 0.3) is 0 Å². The molecule has 2 fully saturated rings. The minimum atomic E-state index is -0.306. The van der Waals surface area contributed by atoms with Crippen LogP contribution in [-0.2, 0) is 4.79 Å². The molecule has 1 aliphatic carbocycles. The molecule has 1 saturated carbocycles. The zero-order chi connectivity index (χ0) is 12.8. The van der Waals surface area contributed by atoms with Crippen molar-refractivity contribution in [2.75, 3.05) is 7.05 Å². The minimum absolute atomic E-state index is 0.0205. The molecule has 1 heterocycles. The van der Waals surface area contributed by atoms with Crippen molar-refractivity contribution in [2.45, 2.75) is 37.4 Å². The van der Waals surface area contributed by atoms with Gasteiger partial charge in [0, 0.05) is 12.1 Å². The van der Waals surface area contributed by atoms with Crippen LogP contribution in [0.1, 0.15) is 37.4 Å². The van der Waals surface area contributed by atoms with E-state index >= 15 is 0 Å². The molecule has 1 aliphatic heterocycles. The molecule has 4 heteroatoms. The Morgan fingerprint density at radius 2 is 1.89 bits per heavy atom. The van der Waals surface area contributed by atoms with Gasteiger partial charge in [-0.1, -0.05) is 36.6 Å². The summed E-state index contributed by atoms with van der Waals surface area (Å²) in [4.78, 5) is 14.2. The number of nitrogens with one attached hydrogen (secondary N) is 1. The van der Waals surface area contributed by atoms with E-state index in [1.807, 2.05) is 36.2 Å². The van der Waals surface area contributed by atoms with Crippen molar-refractivity contribution < 1.29 is 4.79 Å². The first-order valence-corrected chi connectivity index (χ1v) is 6.81. The van der Waals surface area contributed by atoms with Gasteiger partial charge in [0.2, 0.25) is 5.91 Å². The molecule has 1 aromatic carbocycles. The average molecular weight is 265 g/mol. The largest absolute Gasteiger partial charge is 0.324 e. The van der Waals surface area contributed by atoms with Gasteiger partial charge in [-0.25, -0.2) is 0 Å². The van der Waals surface area contributed by atoms with Crippen LogP contribution >= 0.6 is 11.6 Å². The highest BCUT2D eigenvalue weighted by Crippen LogP contribution is 2.40. The Morgan fingerprint density at radius 1 is 1.28 bits per heavy atom. The number of amides is 1. The van der Waals surface area contributed by atoms with E-state index < -0.39 is 0 Å². The van der Waals surface area contributed by atoms with Gasteiger partial charge in [-0.3, -0.25) is 10.1 Å². The van der Waals surface area contributed by atoms with Gasteiger partial charge in [-0.05, 0) is 30.5 Å². The monoisotopic (exact) mass is 264 g/mol. The van der Waals surface area contributed by atoms with Crippen LogP contribution in [0.15, 0.2) is 24.3 Å². The topological polar surface area (TPSA) is 32.3 Å². The Bertz CT molecular complexity index is 465. The molecule has 0 aromatic heterocycles. The maximum Gasteiger partial charge on any atom is 0.244 e. The summed E-state index contributed by atoms with van der Waals surface area (Å²) in [5.41, 5.74) is 0.790. The summed E-state index contributed by atoms with van der Waals surface area (Å²) in [6, 6.07) is 7.71. The highest BCUT2D eigenvalue weighted by atomic mass is 35.5. The maximum atomic E-state index is 12.4. The molecule has 1 spiro atoms. The first kappa shape index (κ1) is 12.0. The SMILES string of the molecule is CN1C(=O)C2(CCCC2)NC1c1ccc(Cl)cc1. The zero-order valence-electron chi connectivity index (χ0n) is 10.4. The first-order chi connectivity index (χ1) is 8.62. The fraction of sp³-hybridized carbons (Fsp3) is 0.500. The van der Waals surface area contributed by atoms with Gasteiger partial charge in [-0.15, -0.1) is 0 Å². The van der Waals surface area contributed by atoms with Crippen LogP contribution in [0.3, 0.4) is 0 Å². The normalized spacial score (nSPS) is 26.2. The molecular weight excluding hydrogens is 248 g/mol. The summed E-state index contributed by atoms with van der Waals surface area (Å²) in [6.07, 6.45) is 4.17. The third-order valence-corrected chi connectivity index (χ3v) is 4.42. The Morgan fingerprint density at radius 3 is 2.50 bits per heavy atom. The summed E-state index contributed by atoms with van der Waals surface area (Å²) in [5, 5.41) is 4.26. The summed E-state index contributed by atoms with van der Waals surface area (Å²) in [6.45, 7) is 0. The smallest absolute Gasteiger partial charge is 0.244 e. The molecule has 1 atom stereocenters. The molecule has 3 nitrogen and oxygen atoms in total. The lowest BCUT2D eigenvalue weighted by atomic mass is 9.98. The molecule has 96 valence electrons. The van der Waals surface area contributed by atoms with E-state index in [9.17, 15) is 4.79 Å². The lowest BCUT2D eigenvalue weighted by Crippen LogP contribution is -2.43. The maximum absolute atomic E-state index is 12.4. The van der Waals surface area contributed by atoms with Crippen molar-refractivity contribution in [3.05, 3.63) is 34.9 Å². The van der Waals surface area contributed by atoms with Crippen molar-refractivity contribution in [1.82, 2.24) is 10.2 Å². The molecule has 0 radical (unpaired) electrons. The van der Waals surface area contributed by atoms with E-state index in [1.54, 1.807) is 0 Å². The Hall–Kier alpha value is -1.06. The van der Waals surface area contributed by atoms with E-state index in [2.05, 4.69) is 5.32 Å². The van der Waals surface area contributed by atoms with Crippen molar-refractivity contribution in [1.29, 1.82) is 0 Å². The van der Waals surface area contributed by atoms with Gasteiger partial charge >= 0.3 is 0 Å². The molecule has 3 rings (SSSR count). The molecular formula is C14H17ClN2O. The van der Waals surface area contributed by atoms with E-state index in [0.29, 0.717) is 0 Å². The first-order valence-electron chi connectivity index (χ1n) is 6.43. The molecule has 1 saturated heterocycles. The van der Waals surface area contributed by atoms with Crippen molar-refractivity contribution in [2.24, 2.45) is 0 Å². The van der Waals surface area contributed by atoms with Crippen LogP contribution in [-0.4, -0.2) is 23.4 Å². The molecule has 1 amide bonds. The van der Waals surface area contributed by atoms with Crippen LogP contribution in [0.5, 0.6) is 0 Å². The number of likely N-dealkylation sites (N-methyl/N-ethyl adjacent to an activating group) is 1. The van der Waals surface area contributed by atoms with Gasteiger partial charge in [-0.2, -0.15) is 0 Å². The Kier molecular flexibility index (Phi) is 2.83. The van der Waals surface area contributed by atoms with Crippen molar-refractivity contribution in [3.8, 4) is 0 Å². The molecule has 1 aromatic rings. The number of carbonyl (C=O) groups excluding carboxylic acids is 1. The Labute approximate surface area is 112 Å². The third-order valence-electron chi connectivity index (χ3n) is 4.17. The lowest BCUT2D eigenvalue weighted by Gasteiger charge is -2.21. The average Bonchev–Trinajstić information content (AvgIpc) is 2.93. The summed E-state index contributed by atoms with van der Waals surface area (Å²) >= 11 is 5.90.